The van der Waals surface area contributed by atoms with Crippen molar-refractivity contribution in [2.24, 2.45) is 5.14 Å². The van der Waals surface area contributed by atoms with Gasteiger partial charge in [-0.1, -0.05) is 42.5 Å². The molecule has 29 heavy (non-hydrogen) atoms. The number of benzene rings is 3. The Morgan fingerprint density at radius 1 is 1.00 bits per heavy atom. The van der Waals surface area contributed by atoms with Crippen molar-refractivity contribution in [3.8, 4) is 5.75 Å². The highest BCUT2D eigenvalue weighted by atomic mass is 32.2. The van der Waals surface area contributed by atoms with E-state index in [0.717, 1.165) is 5.56 Å². The summed E-state index contributed by atoms with van der Waals surface area (Å²) in [5.41, 5.74) is 2.18. The van der Waals surface area contributed by atoms with Crippen LogP contribution < -0.4 is 15.2 Å². The van der Waals surface area contributed by atoms with Crippen LogP contribution >= 0.6 is 0 Å². The van der Waals surface area contributed by atoms with Gasteiger partial charge in [0, 0.05) is 5.56 Å². The molecule has 0 spiro atoms. The highest BCUT2D eigenvalue weighted by Gasteiger charge is 2.14. The monoisotopic (exact) mass is 410 g/mol. The third-order valence-corrected chi connectivity index (χ3v) is 5.31. The summed E-state index contributed by atoms with van der Waals surface area (Å²) in [5.74, 6) is 0.396. The number of nitrogens with one attached hydrogen (secondary N) is 1. The van der Waals surface area contributed by atoms with E-state index < -0.39 is 16.1 Å². The minimum absolute atomic E-state index is 0.0102. The Balaban J connectivity index is 1.62. The fourth-order valence-electron chi connectivity index (χ4n) is 2.77. The molecular weight excluding hydrogens is 388 g/mol. The van der Waals surface area contributed by atoms with Crippen molar-refractivity contribution in [2.45, 2.75) is 24.5 Å². The SMILES string of the molecule is CC(NC(=O)c1ccc(OCc2ccccc2)cc1)c1cccc(S(N)(=O)=O)c1. The fraction of sp³-hybridized carbons (Fsp3) is 0.136. The van der Waals surface area contributed by atoms with Crippen molar-refractivity contribution in [3.05, 3.63) is 95.6 Å². The van der Waals surface area contributed by atoms with Crippen molar-refractivity contribution >= 4 is 15.9 Å². The number of primary sulfonamides is 1. The van der Waals surface area contributed by atoms with Crippen LogP contribution in [0.3, 0.4) is 0 Å². The number of rotatable bonds is 7. The number of hydrogen-bond donors (Lipinski definition) is 2. The van der Waals surface area contributed by atoms with Gasteiger partial charge in [0.1, 0.15) is 12.4 Å². The van der Waals surface area contributed by atoms with Gasteiger partial charge in [-0.25, -0.2) is 13.6 Å². The van der Waals surface area contributed by atoms with Gasteiger partial charge in [0.15, 0.2) is 0 Å². The fourth-order valence-corrected chi connectivity index (χ4v) is 3.34. The number of sulfonamides is 1. The van der Waals surface area contributed by atoms with Crippen molar-refractivity contribution in [3.63, 3.8) is 0 Å². The standard InChI is InChI=1S/C22H22N2O4S/c1-16(19-8-5-9-21(14-19)29(23,26)27)24-22(25)18-10-12-20(13-11-18)28-15-17-6-3-2-4-7-17/h2-14,16H,15H2,1H3,(H,24,25)(H2,23,26,27). The molecule has 0 aliphatic heterocycles. The molecule has 3 N–H and O–H groups in total. The summed E-state index contributed by atoms with van der Waals surface area (Å²) in [5, 5.41) is 8.02. The van der Waals surface area contributed by atoms with E-state index in [0.29, 0.717) is 23.5 Å². The maximum Gasteiger partial charge on any atom is 0.251 e. The first-order valence-corrected chi connectivity index (χ1v) is 10.6. The van der Waals surface area contributed by atoms with Crippen molar-refractivity contribution in [1.82, 2.24) is 5.32 Å². The van der Waals surface area contributed by atoms with Gasteiger partial charge >= 0.3 is 0 Å². The summed E-state index contributed by atoms with van der Waals surface area (Å²) < 4.78 is 28.7. The maximum absolute atomic E-state index is 12.5. The maximum atomic E-state index is 12.5. The van der Waals surface area contributed by atoms with Crippen LogP contribution in [0, 0.1) is 0 Å². The molecule has 3 rings (SSSR count). The average molecular weight is 410 g/mol. The lowest BCUT2D eigenvalue weighted by Crippen LogP contribution is -2.26. The second kappa shape index (κ2) is 8.89. The van der Waals surface area contributed by atoms with Crippen LogP contribution in [0.15, 0.2) is 83.8 Å². The number of carbonyl (C=O) groups is 1. The molecule has 0 aliphatic rings. The van der Waals surface area contributed by atoms with E-state index in [9.17, 15) is 13.2 Å². The molecule has 0 aromatic heterocycles. The smallest absolute Gasteiger partial charge is 0.251 e. The number of amides is 1. The number of nitrogens with two attached hydrogens (primary N) is 1. The highest BCUT2D eigenvalue weighted by molar-refractivity contribution is 7.89. The van der Waals surface area contributed by atoms with Gasteiger partial charge in [0.25, 0.3) is 5.91 Å². The Hall–Kier alpha value is -3.16. The molecule has 6 nitrogen and oxygen atoms in total. The van der Waals surface area contributed by atoms with Crippen molar-refractivity contribution < 1.29 is 17.9 Å². The average Bonchev–Trinajstić information content (AvgIpc) is 2.73. The minimum Gasteiger partial charge on any atom is -0.489 e. The Bertz CT molecular complexity index is 1080. The number of hydrogen-bond acceptors (Lipinski definition) is 4. The summed E-state index contributed by atoms with van der Waals surface area (Å²) in [6, 6.07) is 22.5. The second-order valence-electron chi connectivity index (χ2n) is 6.61. The lowest BCUT2D eigenvalue weighted by atomic mass is 10.1. The molecule has 1 atom stereocenters. The van der Waals surface area contributed by atoms with Crippen LogP contribution in [0.25, 0.3) is 0 Å². The predicted molar refractivity (Wildman–Crippen MR) is 111 cm³/mol. The largest absolute Gasteiger partial charge is 0.489 e. The minimum atomic E-state index is -3.80. The van der Waals surface area contributed by atoms with Gasteiger partial charge in [-0.3, -0.25) is 4.79 Å². The zero-order valence-electron chi connectivity index (χ0n) is 15.9. The van der Waals surface area contributed by atoms with E-state index in [1.807, 2.05) is 30.3 Å². The van der Waals surface area contributed by atoms with Crippen LogP contribution in [-0.4, -0.2) is 14.3 Å². The summed E-state index contributed by atoms with van der Waals surface area (Å²) in [7, 11) is -3.80. The zero-order chi connectivity index (χ0) is 20.9. The van der Waals surface area contributed by atoms with Gasteiger partial charge in [-0.15, -0.1) is 0 Å². The van der Waals surface area contributed by atoms with Crippen molar-refractivity contribution in [2.75, 3.05) is 0 Å². The molecule has 150 valence electrons. The molecule has 0 heterocycles. The molecule has 0 saturated carbocycles. The van der Waals surface area contributed by atoms with Gasteiger partial charge in [0.2, 0.25) is 10.0 Å². The molecule has 1 amide bonds. The van der Waals surface area contributed by atoms with Crippen LogP contribution in [0.5, 0.6) is 5.75 Å². The number of ether oxygens (including phenoxy) is 1. The van der Waals surface area contributed by atoms with Gasteiger partial charge in [-0.2, -0.15) is 0 Å². The lowest BCUT2D eigenvalue weighted by Gasteiger charge is -2.15. The van der Waals surface area contributed by atoms with Crippen molar-refractivity contribution in [1.29, 1.82) is 0 Å². The molecule has 1 unspecified atom stereocenters. The third kappa shape index (κ3) is 5.66. The normalized spacial score (nSPS) is 12.2. The third-order valence-electron chi connectivity index (χ3n) is 4.40. The lowest BCUT2D eigenvalue weighted by molar-refractivity contribution is 0.0940. The Morgan fingerprint density at radius 3 is 2.34 bits per heavy atom. The summed E-state index contributed by atoms with van der Waals surface area (Å²) in [6.45, 7) is 2.22. The molecule has 0 aliphatic carbocycles. The van der Waals surface area contributed by atoms with E-state index in [1.54, 1.807) is 43.3 Å². The van der Waals surface area contributed by atoms with E-state index in [1.165, 1.54) is 12.1 Å². The molecule has 0 bridgehead atoms. The van der Waals surface area contributed by atoms with Gasteiger partial charge in [-0.05, 0) is 54.4 Å². The van der Waals surface area contributed by atoms with Crippen LogP contribution in [0.2, 0.25) is 0 Å². The Morgan fingerprint density at radius 2 is 1.69 bits per heavy atom. The first-order valence-electron chi connectivity index (χ1n) is 9.03. The van der Waals surface area contributed by atoms with Crippen LogP contribution in [0.1, 0.15) is 34.5 Å². The van der Waals surface area contributed by atoms with Gasteiger partial charge < -0.3 is 10.1 Å². The first-order chi connectivity index (χ1) is 13.8. The molecule has 7 heteroatoms. The predicted octanol–water partition coefficient (Wildman–Crippen LogP) is 3.40. The quantitative estimate of drug-likeness (QED) is 0.624. The van der Waals surface area contributed by atoms with Gasteiger partial charge in [0.05, 0.1) is 10.9 Å². The van der Waals surface area contributed by atoms with E-state index in [-0.39, 0.29) is 10.8 Å². The molecule has 0 radical (unpaired) electrons. The summed E-state index contributed by atoms with van der Waals surface area (Å²) in [4.78, 5) is 12.5. The van der Waals surface area contributed by atoms with E-state index in [2.05, 4.69) is 5.32 Å². The van der Waals surface area contributed by atoms with Crippen LogP contribution in [-0.2, 0) is 16.6 Å². The Labute approximate surface area is 170 Å². The molecule has 0 fully saturated rings. The number of carbonyl (C=O) groups excluding carboxylic acids is 1. The van der Waals surface area contributed by atoms with Crippen LogP contribution in [0.4, 0.5) is 0 Å². The van der Waals surface area contributed by atoms with E-state index in [4.69, 9.17) is 9.88 Å². The zero-order valence-corrected chi connectivity index (χ0v) is 16.7. The Kier molecular flexibility index (Phi) is 6.31. The first kappa shape index (κ1) is 20.6. The second-order valence-corrected chi connectivity index (χ2v) is 8.17. The highest BCUT2D eigenvalue weighted by Crippen LogP contribution is 2.18. The molecule has 3 aromatic carbocycles. The molecular formula is C22H22N2O4S. The van der Waals surface area contributed by atoms with E-state index >= 15 is 0 Å². The summed E-state index contributed by atoms with van der Waals surface area (Å²) >= 11 is 0. The summed E-state index contributed by atoms with van der Waals surface area (Å²) in [6.07, 6.45) is 0. The molecule has 3 aromatic rings. The molecule has 0 saturated heterocycles. The topological polar surface area (TPSA) is 98.5 Å².